The van der Waals surface area contributed by atoms with E-state index in [9.17, 15) is 0 Å². The van der Waals surface area contributed by atoms with E-state index >= 15 is 0 Å². The molecule has 0 aliphatic rings. The molecule has 0 unspecified atom stereocenters. The zero-order chi connectivity index (χ0) is 11.1. The molecule has 0 saturated carbocycles. The van der Waals surface area contributed by atoms with Crippen molar-refractivity contribution in [2.24, 2.45) is 0 Å². The van der Waals surface area contributed by atoms with Crippen molar-refractivity contribution in [2.45, 2.75) is 6.42 Å². The van der Waals surface area contributed by atoms with Gasteiger partial charge in [0.15, 0.2) is 0 Å². The van der Waals surface area contributed by atoms with Gasteiger partial charge < -0.3 is 5.32 Å². The summed E-state index contributed by atoms with van der Waals surface area (Å²) in [4.78, 5) is 3.87. The van der Waals surface area contributed by atoms with Crippen LogP contribution in [-0.4, -0.2) is 18.6 Å². The first kappa shape index (κ1) is 11.5. The lowest BCUT2D eigenvalue weighted by molar-refractivity contribution is 0.818. The molecule has 1 rings (SSSR count). The van der Waals surface area contributed by atoms with Crippen LogP contribution in [0.3, 0.4) is 0 Å². The van der Waals surface area contributed by atoms with Gasteiger partial charge in [-0.15, -0.1) is 0 Å². The third-order valence-electron chi connectivity index (χ3n) is 1.69. The zero-order valence-electron chi connectivity index (χ0n) is 8.34. The van der Waals surface area contributed by atoms with Crippen molar-refractivity contribution in [2.75, 3.05) is 13.6 Å². The number of nitriles is 1. The van der Waals surface area contributed by atoms with Gasteiger partial charge in [0.2, 0.25) is 0 Å². The summed E-state index contributed by atoms with van der Waals surface area (Å²) in [5.74, 6) is 5.89. The maximum absolute atomic E-state index is 8.72. The van der Waals surface area contributed by atoms with E-state index < -0.39 is 0 Å². The molecule has 76 valence electrons. The van der Waals surface area contributed by atoms with Crippen LogP contribution in [0.25, 0.3) is 0 Å². The summed E-state index contributed by atoms with van der Waals surface area (Å²) < 4.78 is 0. The number of pyridine rings is 1. The monoisotopic (exact) mass is 219 g/mol. The van der Waals surface area contributed by atoms with E-state index in [1.807, 2.05) is 13.1 Å². The second kappa shape index (κ2) is 6.03. The lowest BCUT2D eigenvalue weighted by atomic mass is 10.2. The molecule has 15 heavy (non-hydrogen) atoms. The Morgan fingerprint density at radius 1 is 1.60 bits per heavy atom. The highest BCUT2D eigenvalue weighted by Crippen LogP contribution is 2.12. The molecule has 0 aliphatic carbocycles. The number of halogens is 1. The molecule has 0 amide bonds. The number of aromatic nitrogens is 1. The molecule has 0 atom stereocenters. The normalized spacial score (nSPS) is 8.87. The zero-order valence-corrected chi connectivity index (χ0v) is 9.10. The average Bonchev–Trinajstić information content (AvgIpc) is 2.26. The molecule has 0 saturated heterocycles. The summed E-state index contributed by atoms with van der Waals surface area (Å²) in [6, 6.07) is 3.60. The van der Waals surface area contributed by atoms with Crippen molar-refractivity contribution < 1.29 is 0 Å². The lowest BCUT2D eigenvalue weighted by Crippen LogP contribution is -2.05. The molecular formula is C11H10ClN3. The van der Waals surface area contributed by atoms with Gasteiger partial charge in [-0.25, -0.2) is 4.98 Å². The van der Waals surface area contributed by atoms with Crippen molar-refractivity contribution in [1.82, 2.24) is 10.3 Å². The van der Waals surface area contributed by atoms with E-state index in [-0.39, 0.29) is 5.15 Å². The summed E-state index contributed by atoms with van der Waals surface area (Å²) in [7, 11) is 1.87. The number of hydrogen-bond acceptors (Lipinski definition) is 3. The minimum atomic E-state index is 0.221. The molecule has 1 aromatic rings. The Kier molecular flexibility index (Phi) is 4.63. The van der Waals surface area contributed by atoms with Crippen molar-refractivity contribution in [3.05, 3.63) is 28.5 Å². The molecule has 0 radical (unpaired) electrons. The molecule has 4 heteroatoms. The second-order valence-electron chi connectivity index (χ2n) is 2.83. The largest absolute Gasteiger partial charge is 0.319 e. The first-order chi connectivity index (χ1) is 7.27. The van der Waals surface area contributed by atoms with Gasteiger partial charge in [-0.2, -0.15) is 5.26 Å². The van der Waals surface area contributed by atoms with Gasteiger partial charge in [0.1, 0.15) is 11.2 Å². The first-order valence-corrected chi connectivity index (χ1v) is 4.85. The molecule has 1 heterocycles. The average molecular weight is 220 g/mol. The van der Waals surface area contributed by atoms with Crippen LogP contribution in [0.2, 0.25) is 5.15 Å². The molecule has 0 fully saturated rings. The van der Waals surface area contributed by atoms with Crippen molar-refractivity contribution in [3.63, 3.8) is 0 Å². The Balaban J connectivity index is 2.78. The van der Waals surface area contributed by atoms with Crippen LogP contribution >= 0.6 is 11.6 Å². The third-order valence-corrected chi connectivity index (χ3v) is 1.99. The molecule has 0 aliphatic heterocycles. The van der Waals surface area contributed by atoms with Gasteiger partial charge in [0.25, 0.3) is 0 Å². The van der Waals surface area contributed by atoms with Crippen LogP contribution in [0, 0.1) is 23.2 Å². The lowest BCUT2D eigenvalue weighted by Gasteiger charge is -1.94. The molecule has 0 bridgehead atoms. The standard InChI is InChI=1S/C11H10ClN3/c1-14-5-3-2-4-9-6-10(7-13)11(12)15-8-9/h6,8,14H,3,5H2,1H3. The fraction of sp³-hybridized carbons (Fsp3) is 0.273. The Morgan fingerprint density at radius 2 is 2.40 bits per heavy atom. The van der Waals surface area contributed by atoms with E-state index in [1.165, 1.54) is 0 Å². The Morgan fingerprint density at radius 3 is 3.07 bits per heavy atom. The van der Waals surface area contributed by atoms with Crippen LogP contribution in [0.5, 0.6) is 0 Å². The maximum atomic E-state index is 8.72. The third kappa shape index (κ3) is 3.59. The molecule has 3 nitrogen and oxygen atoms in total. The van der Waals surface area contributed by atoms with Gasteiger partial charge in [-0.1, -0.05) is 23.4 Å². The van der Waals surface area contributed by atoms with Crippen molar-refractivity contribution in [1.29, 1.82) is 5.26 Å². The molecule has 0 spiro atoms. The van der Waals surface area contributed by atoms with Crippen LogP contribution in [0.15, 0.2) is 12.3 Å². The maximum Gasteiger partial charge on any atom is 0.146 e. The number of rotatable bonds is 2. The Hall–Kier alpha value is -1.55. The summed E-state index contributed by atoms with van der Waals surface area (Å²) >= 11 is 5.69. The summed E-state index contributed by atoms with van der Waals surface area (Å²) in [6.07, 6.45) is 2.33. The van der Waals surface area contributed by atoms with Gasteiger partial charge in [-0.3, -0.25) is 0 Å². The van der Waals surface area contributed by atoms with Crippen LogP contribution in [0.4, 0.5) is 0 Å². The quantitative estimate of drug-likeness (QED) is 0.467. The predicted molar refractivity (Wildman–Crippen MR) is 59.4 cm³/mol. The minimum Gasteiger partial charge on any atom is -0.319 e. The number of nitrogens with one attached hydrogen (secondary N) is 1. The highest BCUT2D eigenvalue weighted by molar-refractivity contribution is 6.30. The van der Waals surface area contributed by atoms with E-state index in [0.717, 1.165) is 13.0 Å². The summed E-state index contributed by atoms with van der Waals surface area (Å²) in [5, 5.41) is 11.9. The van der Waals surface area contributed by atoms with E-state index in [1.54, 1.807) is 12.3 Å². The van der Waals surface area contributed by atoms with E-state index in [4.69, 9.17) is 16.9 Å². The highest BCUT2D eigenvalue weighted by atomic mass is 35.5. The van der Waals surface area contributed by atoms with Gasteiger partial charge in [0.05, 0.1) is 5.56 Å². The van der Waals surface area contributed by atoms with Crippen molar-refractivity contribution >= 4 is 11.6 Å². The molecular weight excluding hydrogens is 210 g/mol. The van der Waals surface area contributed by atoms with Crippen molar-refractivity contribution in [3.8, 4) is 17.9 Å². The number of hydrogen-bond donors (Lipinski definition) is 1. The van der Waals surface area contributed by atoms with Gasteiger partial charge in [0, 0.05) is 24.7 Å². The van der Waals surface area contributed by atoms with E-state index in [2.05, 4.69) is 22.1 Å². The topological polar surface area (TPSA) is 48.7 Å². The molecule has 1 aromatic heterocycles. The summed E-state index contributed by atoms with van der Waals surface area (Å²) in [6.45, 7) is 0.846. The fourth-order valence-electron chi connectivity index (χ4n) is 0.947. The van der Waals surface area contributed by atoms with Gasteiger partial charge >= 0.3 is 0 Å². The van der Waals surface area contributed by atoms with E-state index in [0.29, 0.717) is 11.1 Å². The van der Waals surface area contributed by atoms with Crippen LogP contribution in [0.1, 0.15) is 17.5 Å². The van der Waals surface area contributed by atoms with Gasteiger partial charge in [-0.05, 0) is 13.1 Å². The second-order valence-corrected chi connectivity index (χ2v) is 3.19. The van der Waals surface area contributed by atoms with Crippen LogP contribution < -0.4 is 5.32 Å². The fourth-order valence-corrected chi connectivity index (χ4v) is 1.09. The SMILES string of the molecule is CNCCC#Cc1cnc(Cl)c(C#N)c1. The molecule has 1 N–H and O–H groups in total. The minimum absolute atomic E-state index is 0.221. The molecule has 0 aromatic carbocycles. The summed E-state index contributed by atoms with van der Waals surface area (Å²) in [5.41, 5.74) is 1.07. The predicted octanol–water partition coefficient (Wildman–Crippen LogP) is 1.57. The Bertz CT molecular complexity index is 437. The number of nitrogens with zero attached hydrogens (tertiary/aromatic N) is 2. The van der Waals surface area contributed by atoms with Crippen LogP contribution in [-0.2, 0) is 0 Å². The smallest absolute Gasteiger partial charge is 0.146 e. The first-order valence-electron chi connectivity index (χ1n) is 4.47. The Labute approximate surface area is 94.1 Å². The highest BCUT2D eigenvalue weighted by Gasteiger charge is 2.00.